The van der Waals surface area contributed by atoms with E-state index >= 15 is 0 Å². The molecule has 0 unspecified atom stereocenters. The van der Waals surface area contributed by atoms with E-state index in [0.717, 1.165) is 0 Å². The van der Waals surface area contributed by atoms with Gasteiger partial charge in [0.2, 0.25) is 0 Å². The highest BCUT2D eigenvalue weighted by Crippen LogP contribution is 2.13. The van der Waals surface area contributed by atoms with Gasteiger partial charge in [0.1, 0.15) is 0 Å². The Morgan fingerprint density at radius 2 is 1.82 bits per heavy atom. The molecule has 0 saturated heterocycles. The van der Waals surface area contributed by atoms with Crippen LogP contribution in [-0.2, 0) is 4.84 Å². The molecule has 0 aromatic rings. The molecular formula is C4H6F5NO. The van der Waals surface area contributed by atoms with Crippen molar-refractivity contribution in [3.63, 3.8) is 0 Å². The topological polar surface area (TPSA) is 21.3 Å². The minimum absolute atomic E-state index is 0.907. The van der Waals surface area contributed by atoms with Gasteiger partial charge in [-0.05, 0) is 0 Å². The molecule has 0 fully saturated rings. The Morgan fingerprint density at radius 3 is 2.18 bits per heavy atom. The lowest BCUT2D eigenvalue weighted by Gasteiger charge is -2.07. The predicted octanol–water partition coefficient (Wildman–Crippen LogP) is 1.33. The summed E-state index contributed by atoms with van der Waals surface area (Å²) in [4.78, 5) is 3.65. The molecule has 0 heterocycles. The van der Waals surface area contributed by atoms with Crippen LogP contribution in [0.5, 0.6) is 0 Å². The quantitative estimate of drug-likeness (QED) is 0.399. The Bertz CT molecular complexity index is 103. The van der Waals surface area contributed by atoms with E-state index in [1.807, 2.05) is 0 Å². The molecule has 0 rings (SSSR count). The molecule has 0 bridgehead atoms. The normalized spacial score (nSPS) is 12.5. The van der Waals surface area contributed by atoms with Crippen molar-refractivity contribution in [2.75, 3.05) is 13.2 Å². The lowest BCUT2D eigenvalue weighted by molar-refractivity contribution is -0.191. The monoisotopic (exact) mass is 179 g/mol. The smallest absolute Gasteiger partial charge is 0.292 e. The average molecular weight is 179 g/mol. The number of halogens is 5. The third-order valence-corrected chi connectivity index (χ3v) is 0.576. The van der Waals surface area contributed by atoms with Crippen LogP contribution >= 0.6 is 0 Å². The molecule has 1 N–H and O–H groups in total. The van der Waals surface area contributed by atoms with Crippen LogP contribution in [0, 0.1) is 0 Å². The summed E-state index contributed by atoms with van der Waals surface area (Å²) < 4.78 is 56.1. The molecule has 0 radical (unpaired) electrons. The van der Waals surface area contributed by atoms with Crippen LogP contribution in [0.1, 0.15) is 0 Å². The third kappa shape index (κ3) is 9.57. The first-order chi connectivity index (χ1) is 4.92. The first kappa shape index (κ1) is 10.6. The zero-order chi connectivity index (χ0) is 8.91. The van der Waals surface area contributed by atoms with E-state index in [1.54, 1.807) is 0 Å². The maximum absolute atomic E-state index is 11.2. The fourth-order valence-corrected chi connectivity index (χ4v) is 0.255. The van der Waals surface area contributed by atoms with Gasteiger partial charge in [-0.15, -0.1) is 0 Å². The van der Waals surface area contributed by atoms with E-state index < -0.39 is 25.8 Å². The highest BCUT2D eigenvalue weighted by Gasteiger charge is 2.27. The highest BCUT2D eigenvalue weighted by atomic mass is 19.4. The van der Waals surface area contributed by atoms with E-state index in [2.05, 4.69) is 4.84 Å². The number of hydrogen-bond acceptors (Lipinski definition) is 2. The van der Waals surface area contributed by atoms with Crippen LogP contribution in [0.4, 0.5) is 22.0 Å². The van der Waals surface area contributed by atoms with Crippen LogP contribution in [0.25, 0.3) is 0 Å². The van der Waals surface area contributed by atoms with Gasteiger partial charge >= 0.3 is 6.18 Å². The zero-order valence-corrected chi connectivity index (χ0v) is 5.29. The molecule has 0 aromatic heterocycles. The van der Waals surface area contributed by atoms with Gasteiger partial charge in [0.25, 0.3) is 6.43 Å². The van der Waals surface area contributed by atoms with Crippen molar-refractivity contribution < 1.29 is 26.8 Å². The third-order valence-electron chi connectivity index (χ3n) is 0.576. The van der Waals surface area contributed by atoms with Crippen LogP contribution in [0.2, 0.25) is 0 Å². The second kappa shape index (κ2) is 4.45. The fourth-order valence-electron chi connectivity index (χ4n) is 0.255. The molecule has 2 nitrogen and oxygen atoms in total. The Kier molecular flexibility index (Phi) is 4.27. The summed E-state index contributed by atoms with van der Waals surface area (Å²) in [6.45, 7) is -2.48. The van der Waals surface area contributed by atoms with E-state index in [9.17, 15) is 22.0 Å². The largest absolute Gasteiger partial charge is 0.413 e. The van der Waals surface area contributed by atoms with Crippen molar-refractivity contribution >= 4 is 0 Å². The summed E-state index contributed by atoms with van der Waals surface area (Å²) >= 11 is 0. The minimum atomic E-state index is -4.49. The number of nitrogens with one attached hydrogen (secondary N) is 1. The van der Waals surface area contributed by atoms with Gasteiger partial charge in [0, 0.05) is 0 Å². The van der Waals surface area contributed by atoms with Gasteiger partial charge in [-0.1, -0.05) is 0 Å². The van der Waals surface area contributed by atoms with Crippen molar-refractivity contribution in [1.82, 2.24) is 5.48 Å². The van der Waals surface area contributed by atoms with Crippen LogP contribution in [0.15, 0.2) is 0 Å². The maximum atomic E-state index is 11.2. The second-order valence-electron chi connectivity index (χ2n) is 1.64. The lowest BCUT2D eigenvalue weighted by Crippen LogP contribution is -2.28. The Balaban J connectivity index is 3.15. The van der Waals surface area contributed by atoms with Crippen molar-refractivity contribution in [1.29, 1.82) is 0 Å². The predicted molar refractivity (Wildman–Crippen MR) is 26.0 cm³/mol. The number of hydroxylamine groups is 1. The molecule has 0 atom stereocenters. The summed E-state index contributed by atoms with van der Waals surface area (Å²) in [6, 6.07) is 0. The standard InChI is InChI=1S/C4H6F5NO/c5-3(6)1-10-11-2-4(7,8)9/h3,10H,1-2H2. The first-order valence-corrected chi connectivity index (χ1v) is 2.61. The minimum Gasteiger partial charge on any atom is -0.292 e. The molecule has 68 valence electrons. The first-order valence-electron chi connectivity index (χ1n) is 2.61. The van der Waals surface area contributed by atoms with Gasteiger partial charge < -0.3 is 0 Å². The summed E-state index contributed by atoms with van der Waals surface area (Å²) in [5.74, 6) is 0. The highest BCUT2D eigenvalue weighted by molar-refractivity contribution is 4.44. The molecule has 0 aliphatic heterocycles. The van der Waals surface area contributed by atoms with Gasteiger partial charge in [-0.2, -0.15) is 18.7 Å². The Labute approximate surface area is 59.3 Å². The van der Waals surface area contributed by atoms with Crippen LogP contribution < -0.4 is 5.48 Å². The summed E-state index contributed by atoms with van der Waals surface area (Å²) in [7, 11) is 0. The van der Waals surface area contributed by atoms with Crippen LogP contribution in [0.3, 0.4) is 0 Å². The van der Waals surface area contributed by atoms with E-state index in [-0.39, 0.29) is 0 Å². The summed E-state index contributed by atoms with van der Waals surface area (Å²) in [6.07, 6.45) is -7.21. The van der Waals surface area contributed by atoms with E-state index in [0.29, 0.717) is 0 Å². The van der Waals surface area contributed by atoms with E-state index in [1.165, 1.54) is 5.48 Å². The molecule has 11 heavy (non-hydrogen) atoms. The molecule has 0 aliphatic carbocycles. The molecule has 0 spiro atoms. The fraction of sp³-hybridized carbons (Fsp3) is 1.00. The Morgan fingerprint density at radius 1 is 1.27 bits per heavy atom. The maximum Gasteiger partial charge on any atom is 0.413 e. The number of hydrogen-bond donors (Lipinski definition) is 1. The van der Waals surface area contributed by atoms with Gasteiger partial charge in [0.05, 0.1) is 6.54 Å². The van der Waals surface area contributed by atoms with Crippen LogP contribution in [-0.4, -0.2) is 25.8 Å². The second-order valence-corrected chi connectivity index (χ2v) is 1.64. The average Bonchev–Trinajstić information content (AvgIpc) is 1.78. The molecule has 0 saturated carbocycles. The van der Waals surface area contributed by atoms with Gasteiger partial charge in [-0.3, -0.25) is 4.84 Å². The molecule has 0 aromatic carbocycles. The summed E-state index contributed by atoms with van der Waals surface area (Å²) in [5, 5.41) is 0. The van der Waals surface area contributed by atoms with Gasteiger partial charge in [0.15, 0.2) is 6.61 Å². The van der Waals surface area contributed by atoms with Crippen molar-refractivity contribution in [3.05, 3.63) is 0 Å². The van der Waals surface area contributed by atoms with Crippen molar-refractivity contribution in [2.24, 2.45) is 0 Å². The zero-order valence-electron chi connectivity index (χ0n) is 5.29. The SMILES string of the molecule is FC(F)CNOCC(F)(F)F. The lowest BCUT2D eigenvalue weighted by atomic mass is 10.7. The van der Waals surface area contributed by atoms with E-state index in [4.69, 9.17) is 0 Å². The molecule has 0 aliphatic rings. The van der Waals surface area contributed by atoms with Crippen molar-refractivity contribution in [2.45, 2.75) is 12.6 Å². The van der Waals surface area contributed by atoms with Gasteiger partial charge in [-0.25, -0.2) is 8.78 Å². The number of alkyl halides is 5. The van der Waals surface area contributed by atoms with Crippen molar-refractivity contribution in [3.8, 4) is 0 Å². The summed E-state index contributed by atoms with van der Waals surface area (Å²) in [5.41, 5.74) is 1.47. The molecule has 0 amide bonds. The molecular weight excluding hydrogens is 173 g/mol. The number of rotatable bonds is 4. The molecule has 7 heteroatoms. The Hall–Kier alpha value is -0.430.